The zero-order valence-corrected chi connectivity index (χ0v) is 16.8. The summed E-state index contributed by atoms with van der Waals surface area (Å²) >= 11 is 0. The molecule has 3 heterocycles. The Balaban J connectivity index is 1.47. The second-order valence-electron chi connectivity index (χ2n) is 6.97. The van der Waals surface area contributed by atoms with E-state index in [1.807, 2.05) is 19.1 Å². The van der Waals surface area contributed by atoms with Crippen molar-refractivity contribution in [3.8, 4) is 0 Å². The zero-order valence-electron chi connectivity index (χ0n) is 16.0. The topological polar surface area (TPSA) is 78.9 Å². The smallest absolute Gasteiger partial charge is 0.243 e. The quantitative estimate of drug-likeness (QED) is 0.757. The second kappa shape index (κ2) is 8.02. The van der Waals surface area contributed by atoms with Crippen molar-refractivity contribution in [1.82, 2.24) is 14.3 Å². The number of benzene rings is 1. The average molecular weight is 404 g/mol. The molecule has 150 valence electrons. The highest BCUT2D eigenvalue weighted by Crippen LogP contribution is 2.22. The number of aryl methyl sites for hydroxylation is 1. The first kappa shape index (κ1) is 19.1. The van der Waals surface area contributed by atoms with E-state index in [4.69, 9.17) is 9.72 Å². The van der Waals surface area contributed by atoms with E-state index in [0.717, 1.165) is 24.6 Å². The molecule has 0 amide bonds. The van der Waals surface area contributed by atoms with Gasteiger partial charge in [-0.15, -0.1) is 0 Å². The van der Waals surface area contributed by atoms with Crippen LogP contribution in [0.2, 0.25) is 0 Å². The van der Waals surface area contributed by atoms with E-state index >= 15 is 0 Å². The zero-order chi connectivity index (χ0) is 19.6. The van der Waals surface area contributed by atoms with Gasteiger partial charge in [-0.3, -0.25) is 0 Å². The predicted octanol–water partition coefficient (Wildman–Crippen LogP) is 1.13. The van der Waals surface area contributed by atoms with E-state index in [1.54, 1.807) is 24.3 Å². The summed E-state index contributed by atoms with van der Waals surface area (Å²) in [5, 5.41) is 0. The summed E-state index contributed by atoms with van der Waals surface area (Å²) in [4.78, 5) is 13.9. The van der Waals surface area contributed by atoms with Crippen molar-refractivity contribution in [2.24, 2.45) is 0 Å². The highest BCUT2D eigenvalue weighted by Gasteiger charge is 2.29. The van der Waals surface area contributed by atoms with E-state index in [2.05, 4.69) is 14.8 Å². The van der Waals surface area contributed by atoms with Gasteiger partial charge >= 0.3 is 0 Å². The van der Waals surface area contributed by atoms with Crippen LogP contribution in [0.5, 0.6) is 0 Å². The van der Waals surface area contributed by atoms with Crippen LogP contribution in [-0.2, 0) is 14.8 Å². The maximum atomic E-state index is 12.8. The van der Waals surface area contributed by atoms with Crippen molar-refractivity contribution in [3.63, 3.8) is 0 Å². The molecule has 4 rings (SSSR count). The van der Waals surface area contributed by atoms with E-state index < -0.39 is 10.0 Å². The molecule has 0 atom stereocenters. The van der Waals surface area contributed by atoms with Gasteiger partial charge in [0.1, 0.15) is 5.82 Å². The first-order valence-corrected chi connectivity index (χ1v) is 11.0. The number of ether oxygens (including phenoxy) is 1. The normalized spacial score (nSPS) is 19.0. The molecule has 0 bridgehead atoms. The lowest BCUT2D eigenvalue weighted by Crippen LogP contribution is -2.49. The lowest BCUT2D eigenvalue weighted by atomic mass is 10.3. The molecule has 2 aliphatic rings. The molecule has 0 N–H and O–H groups in total. The Kier molecular flexibility index (Phi) is 5.47. The number of morpholine rings is 1. The third-order valence-corrected chi connectivity index (χ3v) is 6.98. The summed E-state index contributed by atoms with van der Waals surface area (Å²) in [7, 11) is -3.46. The van der Waals surface area contributed by atoms with E-state index in [-0.39, 0.29) is 0 Å². The van der Waals surface area contributed by atoms with E-state index in [0.29, 0.717) is 50.2 Å². The van der Waals surface area contributed by atoms with Gasteiger partial charge in [-0.2, -0.15) is 9.29 Å². The monoisotopic (exact) mass is 403 g/mol. The molecule has 1 aromatic carbocycles. The Hall–Kier alpha value is -2.23. The molecule has 2 fully saturated rings. The highest BCUT2D eigenvalue weighted by molar-refractivity contribution is 7.89. The van der Waals surface area contributed by atoms with Crippen LogP contribution in [0.3, 0.4) is 0 Å². The van der Waals surface area contributed by atoms with Gasteiger partial charge in [0.15, 0.2) is 0 Å². The lowest BCUT2D eigenvalue weighted by molar-refractivity contribution is 0.122. The van der Waals surface area contributed by atoms with Gasteiger partial charge in [0.2, 0.25) is 16.0 Å². The molecule has 0 spiro atoms. The number of sulfonamides is 1. The molecular weight excluding hydrogens is 378 g/mol. The predicted molar refractivity (Wildman–Crippen MR) is 107 cm³/mol. The van der Waals surface area contributed by atoms with Gasteiger partial charge in [-0.05, 0) is 19.1 Å². The Morgan fingerprint density at radius 2 is 1.57 bits per heavy atom. The van der Waals surface area contributed by atoms with Crippen LogP contribution in [0.4, 0.5) is 11.8 Å². The lowest BCUT2D eigenvalue weighted by Gasteiger charge is -2.35. The minimum atomic E-state index is -3.46. The Bertz CT molecular complexity index is 908. The van der Waals surface area contributed by atoms with Gasteiger partial charge < -0.3 is 14.5 Å². The SMILES string of the molecule is Cc1cc(N2CCOCC2)nc(N2CCN(S(=O)(=O)c3ccccc3)CC2)n1. The summed E-state index contributed by atoms with van der Waals surface area (Å²) in [6.45, 7) is 6.98. The molecule has 0 radical (unpaired) electrons. The van der Waals surface area contributed by atoms with Crippen LogP contribution in [0, 0.1) is 6.92 Å². The van der Waals surface area contributed by atoms with Crippen LogP contribution >= 0.6 is 0 Å². The first-order valence-electron chi connectivity index (χ1n) is 9.52. The molecule has 0 aliphatic carbocycles. The maximum absolute atomic E-state index is 12.8. The molecule has 28 heavy (non-hydrogen) atoms. The fourth-order valence-electron chi connectivity index (χ4n) is 3.50. The minimum Gasteiger partial charge on any atom is -0.378 e. The van der Waals surface area contributed by atoms with Gasteiger partial charge in [0.25, 0.3) is 0 Å². The van der Waals surface area contributed by atoms with Gasteiger partial charge in [-0.25, -0.2) is 13.4 Å². The standard InChI is InChI=1S/C19H25N5O3S/c1-16-15-18(22-11-13-27-14-12-22)21-19(20-16)23-7-9-24(10-8-23)28(25,26)17-5-3-2-4-6-17/h2-6,15H,7-14H2,1H3. The molecule has 8 nitrogen and oxygen atoms in total. The van der Waals surface area contributed by atoms with Crippen molar-refractivity contribution < 1.29 is 13.2 Å². The fraction of sp³-hybridized carbons (Fsp3) is 0.474. The Labute approximate surface area is 165 Å². The number of hydrogen-bond donors (Lipinski definition) is 0. The third kappa shape index (κ3) is 3.96. The van der Waals surface area contributed by atoms with Crippen LogP contribution in [0.15, 0.2) is 41.3 Å². The van der Waals surface area contributed by atoms with Gasteiger partial charge in [0.05, 0.1) is 18.1 Å². The largest absolute Gasteiger partial charge is 0.378 e. The minimum absolute atomic E-state index is 0.338. The van der Waals surface area contributed by atoms with E-state index in [1.165, 1.54) is 4.31 Å². The summed E-state index contributed by atoms with van der Waals surface area (Å²) in [6.07, 6.45) is 0. The highest BCUT2D eigenvalue weighted by atomic mass is 32.2. The van der Waals surface area contributed by atoms with Crippen molar-refractivity contribution in [2.75, 3.05) is 62.3 Å². The second-order valence-corrected chi connectivity index (χ2v) is 8.91. The van der Waals surface area contributed by atoms with Crippen LogP contribution < -0.4 is 9.80 Å². The van der Waals surface area contributed by atoms with Crippen molar-refractivity contribution in [2.45, 2.75) is 11.8 Å². The maximum Gasteiger partial charge on any atom is 0.243 e. The molecule has 2 aliphatic heterocycles. The van der Waals surface area contributed by atoms with Crippen molar-refractivity contribution in [1.29, 1.82) is 0 Å². The molecule has 9 heteroatoms. The van der Waals surface area contributed by atoms with Crippen molar-refractivity contribution in [3.05, 3.63) is 42.1 Å². The van der Waals surface area contributed by atoms with Crippen LogP contribution in [0.1, 0.15) is 5.69 Å². The summed E-state index contributed by atoms with van der Waals surface area (Å²) in [5.41, 5.74) is 0.908. The van der Waals surface area contributed by atoms with Crippen LogP contribution in [0.25, 0.3) is 0 Å². The molecule has 2 saturated heterocycles. The number of hydrogen-bond acceptors (Lipinski definition) is 7. The Morgan fingerprint density at radius 3 is 2.25 bits per heavy atom. The number of nitrogens with zero attached hydrogens (tertiary/aromatic N) is 5. The summed E-state index contributed by atoms with van der Waals surface area (Å²) in [6, 6.07) is 10.6. The number of rotatable bonds is 4. The van der Waals surface area contributed by atoms with Crippen LogP contribution in [-0.4, -0.2) is 75.2 Å². The average Bonchev–Trinajstić information content (AvgIpc) is 2.75. The number of aromatic nitrogens is 2. The van der Waals surface area contributed by atoms with Gasteiger partial charge in [-0.1, -0.05) is 18.2 Å². The molecule has 2 aromatic rings. The molecular formula is C19H25N5O3S. The Morgan fingerprint density at radius 1 is 0.893 bits per heavy atom. The third-order valence-electron chi connectivity index (χ3n) is 5.07. The number of anilines is 2. The molecule has 0 unspecified atom stereocenters. The number of piperazine rings is 1. The fourth-order valence-corrected chi connectivity index (χ4v) is 4.95. The van der Waals surface area contributed by atoms with Gasteiger partial charge in [0, 0.05) is 51.0 Å². The summed E-state index contributed by atoms with van der Waals surface area (Å²) < 4.78 is 32.6. The first-order chi connectivity index (χ1) is 13.5. The molecule has 1 aromatic heterocycles. The molecule has 0 saturated carbocycles. The van der Waals surface area contributed by atoms with E-state index in [9.17, 15) is 8.42 Å². The van der Waals surface area contributed by atoms with Crippen molar-refractivity contribution >= 4 is 21.8 Å². The summed E-state index contributed by atoms with van der Waals surface area (Å²) in [5.74, 6) is 1.57.